The van der Waals surface area contributed by atoms with Gasteiger partial charge in [0, 0.05) is 19.6 Å². The van der Waals surface area contributed by atoms with Crippen LogP contribution in [0, 0.1) is 0 Å². The minimum Gasteiger partial charge on any atom is -0.387 e. The lowest BCUT2D eigenvalue weighted by atomic mass is 10.2. The number of aliphatic hydroxyl groups excluding tert-OH is 1. The van der Waals surface area contributed by atoms with E-state index in [-0.39, 0.29) is 12.5 Å². The van der Waals surface area contributed by atoms with Crippen molar-refractivity contribution in [2.24, 2.45) is 0 Å². The molecule has 5 nitrogen and oxygen atoms in total. The van der Waals surface area contributed by atoms with Gasteiger partial charge in [-0.15, -0.1) is 0 Å². The molecule has 1 aliphatic heterocycles. The number of carbonyl (C=O) groups excluding carboxylic acids is 1. The molecule has 1 aromatic rings. The molecule has 1 aliphatic rings. The smallest absolute Gasteiger partial charge is 0.250 e. The van der Waals surface area contributed by atoms with Gasteiger partial charge in [-0.3, -0.25) is 4.79 Å². The van der Waals surface area contributed by atoms with E-state index in [1.165, 1.54) is 11.3 Å². The van der Waals surface area contributed by atoms with Gasteiger partial charge in [0.1, 0.15) is 6.10 Å². The van der Waals surface area contributed by atoms with Crippen LogP contribution in [0.3, 0.4) is 0 Å². The molecule has 1 aromatic heterocycles. The lowest BCUT2D eigenvalue weighted by Crippen LogP contribution is -2.49. The van der Waals surface area contributed by atoms with Crippen LogP contribution in [-0.2, 0) is 9.53 Å². The number of likely N-dealkylation sites (N-methyl/N-ethyl adjacent to an activating group) is 1. The summed E-state index contributed by atoms with van der Waals surface area (Å²) in [5.74, 6) is -0.157. The summed E-state index contributed by atoms with van der Waals surface area (Å²) in [5, 5.41) is 16.4. The number of rotatable bonds is 4. The van der Waals surface area contributed by atoms with Crippen molar-refractivity contribution in [2.75, 3.05) is 33.3 Å². The van der Waals surface area contributed by atoms with E-state index in [9.17, 15) is 9.90 Å². The van der Waals surface area contributed by atoms with Crippen LogP contribution in [0.15, 0.2) is 16.8 Å². The topological polar surface area (TPSA) is 61.8 Å². The van der Waals surface area contributed by atoms with Crippen molar-refractivity contribution in [1.82, 2.24) is 10.2 Å². The minimum atomic E-state index is -0.651. The Balaban J connectivity index is 1.77. The number of aliphatic hydroxyl groups is 1. The number of amides is 1. The highest BCUT2D eigenvalue weighted by molar-refractivity contribution is 7.07. The third-order valence-electron chi connectivity index (χ3n) is 2.96. The molecule has 2 atom stereocenters. The van der Waals surface area contributed by atoms with E-state index in [2.05, 4.69) is 10.2 Å². The molecule has 2 N–H and O–H groups in total. The molecule has 100 valence electrons. The van der Waals surface area contributed by atoms with Crippen molar-refractivity contribution >= 4 is 17.2 Å². The minimum absolute atomic E-state index is 0.157. The maximum atomic E-state index is 11.8. The van der Waals surface area contributed by atoms with Crippen molar-refractivity contribution in [3.8, 4) is 0 Å². The van der Waals surface area contributed by atoms with Gasteiger partial charge < -0.3 is 20.1 Å². The molecular weight excluding hydrogens is 252 g/mol. The number of nitrogens with zero attached hydrogens (tertiary/aromatic N) is 1. The van der Waals surface area contributed by atoms with Crippen LogP contribution in [0.2, 0.25) is 0 Å². The number of nitrogens with one attached hydrogen (secondary N) is 1. The van der Waals surface area contributed by atoms with Crippen LogP contribution in [0.1, 0.15) is 11.7 Å². The van der Waals surface area contributed by atoms with E-state index >= 15 is 0 Å². The molecule has 2 heterocycles. The number of hydrogen-bond acceptors (Lipinski definition) is 5. The Morgan fingerprint density at radius 2 is 2.61 bits per heavy atom. The predicted molar refractivity (Wildman–Crippen MR) is 69.5 cm³/mol. The molecule has 6 heteroatoms. The molecule has 1 saturated heterocycles. The number of carbonyl (C=O) groups is 1. The van der Waals surface area contributed by atoms with Gasteiger partial charge in [-0.1, -0.05) is 0 Å². The average Bonchev–Trinajstić information content (AvgIpc) is 2.89. The van der Waals surface area contributed by atoms with Crippen LogP contribution in [0.5, 0.6) is 0 Å². The van der Waals surface area contributed by atoms with Crippen LogP contribution >= 0.6 is 11.3 Å². The zero-order chi connectivity index (χ0) is 13.0. The van der Waals surface area contributed by atoms with Gasteiger partial charge in [-0.2, -0.15) is 11.3 Å². The molecule has 0 bridgehead atoms. The fraction of sp³-hybridized carbons (Fsp3) is 0.583. The first-order valence-electron chi connectivity index (χ1n) is 5.95. The summed E-state index contributed by atoms with van der Waals surface area (Å²) in [6.45, 7) is 2.24. The van der Waals surface area contributed by atoms with Gasteiger partial charge in [0.2, 0.25) is 0 Å². The Morgan fingerprint density at radius 1 is 1.78 bits per heavy atom. The van der Waals surface area contributed by atoms with Gasteiger partial charge in [-0.25, -0.2) is 0 Å². The highest BCUT2D eigenvalue weighted by atomic mass is 32.1. The molecule has 18 heavy (non-hydrogen) atoms. The van der Waals surface area contributed by atoms with Gasteiger partial charge in [0.05, 0.1) is 12.7 Å². The number of thiophene rings is 1. The lowest BCUT2D eigenvalue weighted by molar-refractivity contribution is -0.138. The fourth-order valence-electron chi connectivity index (χ4n) is 1.83. The molecule has 2 rings (SSSR count). The summed E-state index contributed by atoms with van der Waals surface area (Å²) < 4.78 is 5.40. The fourth-order valence-corrected chi connectivity index (χ4v) is 2.54. The maximum absolute atomic E-state index is 11.8. The number of hydrogen-bond donors (Lipinski definition) is 2. The first kappa shape index (κ1) is 13.5. The van der Waals surface area contributed by atoms with Crippen molar-refractivity contribution in [2.45, 2.75) is 12.2 Å². The first-order chi connectivity index (χ1) is 8.66. The van der Waals surface area contributed by atoms with E-state index in [4.69, 9.17) is 4.74 Å². The zero-order valence-corrected chi connectivity index (χ0v) is 11.2. The predicted octanol–water partition coefficient (Wildman–Crippen LogP) is 0.228. The van der Waals surface area contributed by atoms with Crippen LogP contribution < -0.4 is 5.32 Å². The van der Waals surface area contributed by atoms with E-state index < -0.39 is 12.2 Å². The van der Waals surface area contributed by atoms with Gasteiger partial charge in [0.25, 0.3) is 5.91 Å². The highest BCUT2D eigenvalue weighted by Gasteiger charge is 2.25. The van der Waals surface area contributed by atoms with E-state index in [1.54, 1.807) is 0 Å². The zero-order valence-electron chi connectivity index (χ0n) is 10.3. The molecule has 2 unspecified atom stereocenters. The molecule has 0 aromatic carbocycles. The Kier molecular flexibility index (Phi) is 4.71. The molecule has 0 saturated carbocycles. The summed E-state index contributed by atoms with van der Waals surface area (Å²) in [4.78, 5) is 13.9. The standard InChI is InChI=1S/C12H18N2O3S/c1-14-3-4-17-11(7-14)12(16)13-6-10(15)9-2-5-18-8-9/h2,5,8,10-11,15H,3-4,6-7H2,1H3,(H,13,16). The molecule has 0 radical (unpaired) electrons. The summed E-state index contributed by atoms with van der Waals surface area (Å²) in [6, 6.07) is 1.85. The second kappa shape index (κ2) is 6.29. The Morgan fingerprint density at radius 3 is 3.28 bits per heavy atom. The van der Waals surface area contributed by atoms with E-state index in [1.807, 2.05) is 23.9 Å². The van der Waals surface area contributed by atoms with Gasteiger partial charge in [0.15, 0.2) is 0 Å². The SMILES string of the molecule is CN1CCOC(C(=O)NCC(O)c2ccsc2)C1. The summed E-state index contributed by atoms with van der Waals surface area (Å²) in [6.07, 6.45) is -1.08. The Hall–Kier alpha value is -0.950. The highest BCUT2D eigenvalue weighted by Crippen LogP contribution is 2.15. The van der Waals surface area contributed by atoms with Crippen molar-refractivity contribution in [3.63, 3.8) is 0 Å². The van der Waals surface area contributed by atoms with Gasteiger partial charge in [-0.05, 0) is 29.4 Å². The Labute approximate surface area is 110 Å². The van der Waals surface area contributed by atoms with Crippen molar-refractivity contribution in [1.29, 1.82) is 0 Å². The third-order valence-corrected chi connectivity index (χ3v) is 3.66. The summed E-state index contributed by atoms with van der Waals surface area (Å²) in [5.41, 5.74) is 0.835. The first-order valence-corrected chi connectivity index (χ1v) is 6.89. The quantitative estimate of drug-likeness (QED) is 0.822. The third kappa shape index (κ3) is 3.52. The Bertz CT molecular complexity index is 383. The second-order valence-corrected chi connectivity index (χ2v) is 5.22. The molecule has 0 spiro atoms. The van der Waals surface area contributed by atoms with E-state index in [0.717, 1.165) is 12.1 Å². The monoisotopic (exact) mass is 270 g/mol. The molecule has 0 aliphatic carbocycles. The summed E-state index contributed by atoms with van der Waals surface area (Å²) in [7, 11) is 1.96. The largest absolute Gasteiger partial charge is 0.387 e. The summed E-state index contributed by atoms with van der Waals surface area (Å²) >= 11 is 1.53. The van der Waals surface area contributed by atoms with Crippen molar-refractivity contribution < 1.29 is 14.6 Å². The van der Waals surface area contributed by atoms with Gasteiger partial charge >= 0.3 is 0 Å². The molecule has 1 fully saturated rings. The average molecular weight is 270 g/mol. The van der Waals surface area contributed by atoms with Crippen LogP contribution in [0.25, 0.3) is 0 Å². The second-order valence-electron chi connectivity index (χ2n) is 4.44. The molecule has 1 amide bonds. The lowest BCUT2D eigenvalue weighted by Gasteiger charge is -2.29. The van der Waals surface area contributed by atoms with Crippen LogP contribution in [-0.4, -0.2) is 55.3 Å². The van der Waals surface area contributed by atoms with Crippen molar-refractivity contribution in [3.05, 3.63) is 22.4 Å². The normalized spacial score (nSPS) is 22.7. The number of morpholine rings is 1. The number of ether oxygens (including phenoxy) is 1. The van der Waals surface area contributed by atoms with E-state index in [0.29, 0.717) is 13.2 Å². The van der Waals surface area contributed by atoms with Crippen LogP contribution in [0.4, 0.5) is 0 Å². The maximum Gasteiger partial charge on any atom is 0.250 e. The molecular formula is C12H18N2O3S.